The Labute approximate surface area is 181 Å². The topological polar surface area (TPSA) is 78.0 Å². The molecule has 3 aromatic carbocycles. The van der Waals surface area contributed by atoms with E-state index in [4.69, 9.17) is 5.26 Å². The highest BCUT2D eigenvalue weighted by Crippen LogP contribution is 2.30. The number of nitrogens with one attached hydrogen (secondary N) is 1. The van der Waals surface area contributed by atoms with Crippen LogP contribution in [0.15, 0.2) is 79.0 Å². The van der Waals surface area contributed by atoms with Crippen molar-refractivity contribution < 1.29 is 9.90 Å². The number of benzene rings is 3. The summed E-state index contributed by atoms with van der Waals surface area (Å²) in [5, 5.41) is 23.8. The van der Waals surface area contributed by atoms with E-state index in [2.05, 4.69) is 29.6 Å². The third-order valence-electron chi connectivity index (χ3n) is 5.47. The number of carbonyl (C=O) groups excluding carboxylic acids is 1. The zero-order valence-electron chi connectivity index (χ0n) is 17.5. The molecule has 0 unspecified atom stereocenters. The number of amides is 1. The molecule has 5 nitrogen and oxygen atoms in total. The molecule has 1 aromatic heterocycles. The highest BCUT2D eigenvalue weighted by Gasteiger charge is 2.31. The van der Waals surface area contributed by atoms with Gasteiger partial charge >= 0.3 is 0 Å². The van der Waals surface area contributed by atoms with Crippen molar-refractivity contribution in [1.29, 1.82) is 5.26 Å². The Morgan fingerprint density at radius 3 is 2.58 bits per heavy atom. The summed E-state index contributed by atoms with van der Waals surface area (Å²) in [4.78, 5) is 12.8. The number of aliphatic hydroxyl groups is 1. The highest BCUT2D eigenvalue weighted by atomic mass is 16.3. The molecule has 5 heteroatoms. The predicted molar refractivity (Wildman–Crippen MR) is 123 cm³/mol. The lowest BCUT2D eigenvalue weighted by molar-refractivity contribution is -0.133. The van der Waals surface area contributed by atoms with Gasteiger partial charge in [-0.25, -0.2) is 0 Å². The van der Waals surface area contributed by atoms with Crippen molar-refractivity contribution in [2.45, 2.75) is 26.0 Å². The summed E-state index contributed by atoms with van der Waals surface area (Å²) in [6.07, 6.45) is 1.89. The van der Waals surface area contributed by atoms with Crippen molar-refractivity contribution in [3.63, 3.8) is 0 Å². The van der Waals surface area contributed by atoms with Crippen LogP contribution in [0.5, 0.6) is 0 Å². The van der Waals surface area contributed by atoms with Gasteiger partial charge in [0.05, 0.1) is 18.2 Å². The molecule has 0 aliphatic heterocycles. The van der Waals surface area contributed by atoms with Gasteiger partial charge in [-0.2, -0.15) is 5.26 Å². The van der Waals surface area contributed by atoms with Crippen LogP contribution in [0.4, 0.5) is 5.69 Å². The Bertz CT molecular complexity index is 1300. The second kappa shape index (κ2) is 8.10. The minimum Gasteiger partial charge on any atom is -0.378 e. The lowest BCUT2D eigenvalue weighted by Crippen LogP contribution is -2.43. The molecule has 0 saturated carbocycles. The molecular weight excluding hydrogens is 386 g/mol. The molecule has 31 heavy (non-hydrogen) atoms. The molecule has 0 bridgehead atoms. The number of carbonyl (C=O) groups is 1. The number of nitriles is 1. The van der Waals surface area contributed by atoms with Gasteiger partial charge in [0.2, 0.25) is 0 Å². The molecule has 0 aliphatic carbocycles. The molecule has 0 saturated heterocycles. The van der Waals surface area contributed by atoms with Gasteiger partial charge in [-0.1, -0.05) is 42.5 Å². The fourth-order valence-corrected chi connectivity index (χ4v) is 3.77. The van der Waals surface area contributed by atoms with Crippen LogP contribution >= 0.6 is 0 Å². The van der Waals surface area contributed by atoms with E-state index in [-0.39, 0.29) is 6.54 Å². The molecule has 0 aliphatic rings. The number of hydrogen-bond donors (Lipinski definition) is 2. The summed E-state index contributed by atoms with van der Waals surface area (Å²) in [6.45, 7) is 3.42. The molecule has 0 spiro atoms. The van der Waals surface area contributed by atoms with Crippen LogP contribution < -0.4 is 5.32 Å². The van der Waals surface area contributed by atoms with Crippen molar-refractivity contribution >= 4 is 22.5 Å². The van der Waals surface area contributed by atoms with Gasteiger partial charge in [0.1, 0.15) is 0 Å². The number of aryl methyl sites for hydroxylation is 1. The molecule has 4 aromatic rings. The molecule has 1 heterocycles. The number of hydrogen-bond acceptors (Lipinski definition) is 3. The highest BCUT2D eigenvalue weighted by molar-refractivity contribution is 5.98. The summed E-state index contributed by atoms with van der Waals surface area (Å²) in [6, 6.07) is 25.3. The van der Waals surface area contributed by atoms with Crippen molar-refractivity contribution in [2.24, 2.45) is 0 Å². The third kappa shape index (κ3) is 4.07. The van der Waals surface area contributed by atoms with Crippen molar-refractivity contribution in [3.05, 3.63) is 90.1 Å². The predicted octanol–water partition coefficient (Wildman–Crippen LogP) is 4.88. The van der Waals surface area contributed by atoms with Crippen LogP contribution in [0.3, 0.4) is 0 Å². The number of nitrogens with zero attached hydrogens (tertiary/aromatic N) is 2. The number of anilines is 1. The molecular formula is C26H23N3O2. The van der Waals surface area contributed by atoms with Crippen molar-refractivity contribution in [1.82, 2.24) is 4.57 Å². The minimum absolute atomic E-state index is 0.107. The molecule has 4 rings (SSSR count). The van der Waals surface area contributed by atoms with E-state index in [1.165, 1.54) is 6.92 Å². The molecule has 0 radical (unpaired) electrons. The van der Waals surface area contributed by atoms with Gasteiger partial charge in [-0.3, -0.25) is 4.79 Å². The first-order chi connectivity index (χ1) is 14.9. The maximum atomic E-state index is 12.8. The fraction of sp³-hybridized carbons (Fsp3) is 0.154. The molecule has 2 N–H and O–H groups in total. The van der Waals surface area contributed by atoms with Crippen LogP contribution in [0, 0.1) is 18.3 Å². The maximum absolute atomic E-state index is 12.8. The van der Waals surface area contributed by atoms with Crippen molar-refractivity contribution in [3.8, 4) is 17.2 Å². The molecule has 1 amide bonds. The average molecular weight is 409 g/mol. The van der Waals surface area contributed by atoms with Gasteiger partial charge in [-0.05, 0) is 60.9 Å². The lowest BCUT2D eigenvalue weighted by atomic mass is 10.0. The summed E-state index contributed by atoms with van der Waals surface area (Å²) in [5.41, 5.74) is 3.41. The van der Waals surface area contributed by atoms with Gasteiger partial charge in [-0.15, -0.1) is 0 Å². The number of rotatable bonds is 5. The Morgan fingerprint density at radius 1 is 1.10 bits per heavy atom. The first-order valence-electron chi connectivity index (χ1n) is 10.1. The summed E-state index contributed by atoms with van der Waals surface area (Å²) in [7, 11) is 0. The van der Waals surface area contributed by atoms with E-state index in [1.807, 2.05) is 54.1 Å². The van der Waals surface area contributed by atoms with E-state index in [0.717, 1.165) is 27.6 Å². The quantitative estimate of drug-likeness (QED) is 0.493. The van der Waals surface area contributed by atoms with E-state index in [0.29, 0.717) is 11.3 Å². The monoisotopic (exact) mass is 409 g/mol. The Hall–Kier alpha value is -3.88. The van der Waals surface area contributed by atoms with Gasteiger partial charge in [0.25, 0.3) is 5.91 Å². The van der Waals surface area contributed by atoms with E-state index < -0.39 is 11.5 Å². The first-order valence-corrected chi connectivity index (χ1v) is 10.1. The minimum atomic E-state index is -1.63. The van der Waals surface area contributed by atoms with Crippen molar-refractivity contribution in [2.75, 3.05) is 5.32 Å². The van der Waals surface area contributed by atoms with Crippen LogP contribution in [-0.2, 0) is 11.3 Å². The van der Waals surface area contributed by atoms with Gasteiger partial charge < -0.3 is 15.0 Å². The molecule has 154 valence electrons. The molecule has 0 fully saturated rings. The first kappa shape index (κ1) is 20.4. The SMILES string of the molecule is Cc1cc(NC(=O)[C@@](C)(O)Cn2ccc3c(-c4ccccc4)cccc32)ccc1C#N. The zero-order chi connectivity index (χ0) is 22.0. The molecule has 1 atom stereocenters. The Balaban J connectivity index is 1.59. The summed E-state index contributed by atoms with van der Waals surface area (Å²) >= 11 is 0. The maximum Gasteiger partial charge on any atom is 0.257 e. The van der Waals surface area contributed by atoms with E-state index in [1.54, 1.807) is 18.2 Å². The van der Waals surface area contributed by atoms with Gasteiger partial charge in [0.15, 0.2) is 5.60 Å². The van der Waals surface area contributed by atoms with E-state index in [9.17, 15) is 9.90 Å². The summed E-state index contributed by atoms with van der Waals surface area (Å²) in [5.74, 6) is -0.502. The van der Waals surface area contributed by atoms with Crippen LogP contribution in [0.1, 0.15) is 18.1 Å². The van der Waals surface area contributed by atoms with Crippen LogP contribution in [0.25, 0.3) is 22.0 Å². The zero-order valence-corrected chi connectivity index (χ0v) is 17.5. The lowest BCUT2D eigenvalue weighted by Gasteiger charge is -2.24. The average Bonchev–Trinajstić information content (AvgIpc) is 3.17. The normalized spacial score (nSPS) is 12.8. The van der Waals surface area contributed by atoms with Crippen LogP contribution in [0.2, 0.25) is 0 Å². The Morgan fingerprint density at radius 2 is 1.87 bits per heavy atom. The number of aromatic nitrogens is 1. The second-order valence-electron chi connectivity index (χ2n) is 7.92. The largest absolute Gasteiger partial charge is 0.378 e. The van der Waals surface area contributed by atoms with Gasteiger partial charge in [0, 0.05) is 22.8 Å². The fourth-order valence-electron chi connectivity index (χ4n) is 3.77. The Kier molecular flexibility index (Phi) is 5.33. The number of fused-ring (bicyclic) bond motifs is 1. The third-order valence-corrected chi connectivity index (χ3v) is 5.47. The second-order valence-corrected chi connectivity index (χ2v) is 7.92. The van der Waals surface area contributed by atoms with Crippen LogP contribution in [-0.4, -0.2) is 21.2 Å². The van der Waals surface area contributed by atoms with E-state index >= 15 is 0 Å². The standard InChI is InChI=1S/C26H23N3O2/c1-18-15-21(12-11-20(18)16-27)28-25(30)26(2,31)17-29-14-13-23-22(9-6-10-24(23)29)19-7-4-3-5-8-19/h3-15,31H,17H2,1-2H3,(H,28,30)/t26-/m0/s1. The summed E-state index contributed by atoms with van der Waals surface area (Å²) < 4.78 is 1.89. The smallest absolute Gasteiger partial charge is 0.257 e.